The Morgan fingerprint density at radius 2 is 1.81 bits per heavy atom. The lowest BCUT2D eigenvalue weighted by atomic mass is 10.1. The molecule has 0 aliphatic carbocycles. The van der Waals surface area contributed by atoms with Crippen LogP contribution in [0.15, 0.2) is 60.8 Å². The molecule has 0 spiro atoms. The average molecular weight is 349 g/mol. The zero-order valence-corrected chi connectivity index (χ0v) is 15.0. The van der Waals surface area contributed by atoms with E-state index in [1.54, 1.807) is 0 Å². The molecular formula is C21H23N3O2. The van der Waals surface area contributed by atoms with Gasteiger partial charge in [0.05, 0.1) is 6.04 Å². The Kier molecular flexibility index (Phi) is 5.37. The molecule has 0 aliphatic rings. The van der Waals surface area contributed by atoms with E-state index in [1.165, 1.54) is 10.9 Å². The van der Waals surface area contributed by atoms with Gasteiger partial charge in [0.2, 0.25) is 0 Å². The molecule has 2 aromatic carbocycles. The number of carbonyl (C=O) groups is 2. The lowest BCUT2D eigenvalue weighted by Crippen LogP contribution is -2.41. The first-order valence-electron chi connectivity index (χ1n) is 8.72. The minimum atomic E-state index is -0.611. The van der Waals surface area contributed by atoms with E-state index in [0.717, 1.165) is 11.1 Å². The third-order valence-electron chi connectivity index (χ3n) is 4.50. The molecule has 0 saturated carbocycles. The number of nitrogens with zero attached hydrogens (tertiary/aromatic N) is 1. The third kappa shape index (κ3) is 4.11. The van der Waals surface area contributed by atoms with Crippen LogP contribution in [0.3, 0.4) is 0 Å². The summed E-state index contributed by atoms with van der Waals surface area (Å²) in [6.07, 6.45) is 2.70. The van der Waals surface area contributed by atoms with Crippen molar-refractivity contribution < 1.29 is 9.59 Å². The van der Waals surface area contributed by atoms with Gasteiger partial charge >= 0.3 is 11.8 Å². The molecule has 5 nitrogen and oxygen atoms in total. The summed E-state index contributed by atoms with van der Waals surface area (Å²) in [5.41, 5.74) is 3.26. The molecule has 1 atom stereocenters. The van der Waals surface area contributed by atoms with E-state index >= 15 is 0 Å². The summed E-state index contributed by atoms with van der Waals surface area (Å²) < 4.78 is 2.07. The van der Waals surface area contributed by atoms with Gasteiger partial charge in [0, 0.05) is 25.3 Å². The molecule has 2 amide bonds. The summed E-state index contributed by atoms with van der Waals surface area (Å²) >= 11 is 0. The number of amides is 2. The molecule has 26 heavy (non-hydrogen) atoms. The van der Waals surface area contributed by atoms with Crippen LogP contribution in [0.25, 0.3) is 10.9 Å². The number of aryl methyl sites for hydroxylation is 1. The van der Waals surface area contributed by atoms with Crippen LogP contribution in [0, 0.1) is 0 Å². The Labute approximate surface area is 153 Å². The van der Waals surface area contributed by atoms with Gasteiger partial charge in [0.25, 0.3) is 0 Å². The number of nitrogens with one attached hydrogen (secondary N) is 2. The fraction of sp³-hybridized carbons (Fsp3) is 0.238. The third-order valence-corrected chi connectivity index (χ3v) is 4.50. The molecule has 1 aromatic heterocycles. The van der Waals surface area contributed by atoms with E-state index in [9.17, 15) is 9.59 Å². The van der Waals surface area contributed by atoms with Crippen LogP contribution >= 0.6 is 0 Å². The standard InChI is InChI=1S/C21H23N3O2/c1-15(17-6-4-3-5-7-17)23-21(26)20(25)22-12-10-16-8-9-19-18(14-16)11-13-24(19)2/h3-9,11,13-15H,10,12H2,1-2H3,(H,22,25)(H,23,26). The van der Waals surface area contributed by atoms with Gasteiger partial charge in [-0.15, -0.1) is 0 Å². The Bertz CT molecular complexity index is 915. The highest BCUT2D eigenvalue weighted by atomic mass is 16.2. The SMILES string of the molecule is CC(NC(=O)C(=O)NCCc1ccc2c(ccn2C)c1)c1ccccc1. The average Bonchev–Trinajstić information content (AvgIpc) is 3.02. The molecule has 0 radical (unpaired) electrons. The van der Waals surface area contributed by atoms with Crippen molar-refractivity contribution in [1.29, 1.82) is 0 Å². The van der Waals surface area contributed by atoms with Gasteiger partial charge < -0.3 is 15.2 Å². The van der Waals surface area contributed by atoms with E-state index < -0.39 is 11.8 Å². The van der Waals surface area contributed by atoms with Crippen molar-refractivity contribution in [2.45, 2.75) is 19.4 Å². The van der Waals surface area contributed by atoms with E-state index in [1.807, 2.05) is 56.6 Å². The van der Waals surface area contributed by atoms with E-state index in [4.69, 9.17) is 0 Å². The van der Waals surface area contributed by atoms with E-state index in [-0.39, 0.29) is 6.04 Å². The normalized spacial score (nSPS) is 11.9. The summed E-state index contributed by atoms with van der Waals surface area (Å²) in [6.45, 7) is 2.28. The van der Waals surface area contributed by atoms with Crippen molar-refractivity contribution in [3.63, 3.8) is 0 Å². The molecule has 2 N–H and O–H groups in total. The van der Waals surface area contributed by atoms with Crippen molar-refractivity contribution in [3.8, 4) is 0 Å². The zero-order valence-electron chi connectivity index (χ0n) is 15.0. The summed E-state index contributed by atoms with van der Waals surface area (Å²) in [4.78, 5) is 24.0. The molecule has 0 fully saturated rings. The minimum Gasteiger partial charge on any atom is -0.351 e. The zero-order chi connectivity index (χ0) is 18.5. The van der Waals surface area contributed by atoms with Gasteiger partial charge in [-0.3, -0.25) is 9.59 Å². The number of carbonyl (C=O) groups excluding carboxylic acids is 2. The smallest absolute Gasteiger partial charge is 0.309 e. The second-order valence-corrected chi connectivity index (χ2v) is 6.43. The summed E-state index contributed by atoms with van der Waals surface area (Å²) in [6, 6.07) is 17.6. The van der Waals surface area contributed by atoms with Crippen LogP contribution in [0.1, 0.15) is 24.1 Å². The molecule has 3 rings (SSSR count). The van der Waals surface area contributed by atoms with Crippen LogP contribution < -0.4 is 10.6 Å². The molecular weight excluding hydrogens is 326 g/mol. The second kappa shape index (κ2) is 7.87. The maximum atomic E-state index is 12.0. The van der Waals surface area contributed by atoms with Crippen molar-refractivity contribution in [2.75, 3.05) is 6.54 Å². The summed E-state index contributed by atoms with van der Waals surface area (Å²) in [5.74, 6) is -1.21. The Morgan fingerprint density at radius 1 is 1.04 bits per heavy atom. The van der Waals surface area contributed by atoms with Gasteiger partial charge in [-0.25, -0.2) is 0 Å². The summed E-state index contributed by atoms with van der Waals surface area (Å²) in [5, 5.41) is 6.57. The first-order valence-corrected chi connectivity index (χ1v) is 8.72. The highest BCUT2D eigenvalue weighted by Gasteiger charge is 2.16. The van der Waals surface area contributed by atoms with Crippen LogP contribution in [-0.4, -0.2) is 22.9 Å². The number of benzene rings is 2. The van der Waals surface area contributed by atoms with Gasteiger partial charge in [-0.05, 0) is 48.1 Å². The van der Waals surface area contributed by atoms with E-state index in [0.29, 0.717) is 13.0 Å². The first kappa shape index (κ1) is 17.7. The van der Waals surface area contributed by atoms with Crippen molar-refractivity contribution in [1.82, 2.24) is 15.2 Å². The van der Waals surface area contributed by atoms with Gasteiger partial charge in [0.1, 0.15) is 0 Å². The molecule has 0 saturated heterocycles. The van der Waals surface area contributed by atoms with Gasteiger partial charge in [-0.2, -0.15) is 0 Å². The topological polar surface area (TPSA) is 63.1 Å². The largest absolute Gasteiger partial charge is 0.351 e. The number of aromatic nitrogens is 1. The highest BCUT2D eigenvalue weighted by Crippen LogP contribution is 2.16. The molecule has 1 unspecified atom stereocenters. The molecule has 0 aliphatic heterocycles. The maximum absolute atomic E-state index is 12.0. The molecule has 0 bridgehead atoms. The predicted molar refractivity (Wildman–Crippen MR) is 103 cm³/mol. The Hall–Kier alpha value is -3.08. The van der Waals surface area contributed by atoms with Gasteiger partial charge in [0.15, 0.2) is 0 Å². The molecule has 3 aromatic rings. The molecule has 1 heterocycles. The molecule has 5 heteroatoms. The highest BCUT2D eigenvalue weighted by molar-refractivity contribution is 6.35. The maximum Gasteiger partial charge on any atom is 0.309 e. The van der Waals surface area contributed by atoms with E-state index in [2.05, 4.69) is 33.4 Å². The number of hydrogen-bond acceptors (Lipinski definition) is 2. The number of rotatable bonds is 5. The van der Waals surface area contributed by atoms with Crippen molar-refractivity contribution in [2.24, 2.45) is 7.05 Å². The summed E-state index contributed by atoms with van der Waals surface area (Å²) in [7, 11) is 2.01. The van der Waals surface area contributed by atoms with Crippen molar-refractivity contribution in [3.05, 3.63) is 71.9 Å². The monoisotopic (exact) mass is 349 g/mol. The quantitative estimate of drug-likeness (QED) is 0.696. The fourth-order valence-electron chi connectivity index (χ4n) is 2.97. The van der Waals surface area contributed by atoms with Crippen LogP contribution in [-0.2, 0) is 23.1 Å². The van der Waals surface area contributed by atoms with Crippen LogP contribution in [0.4, 0.5) is 0 Å². The Balaban J connectivity index is 1.49. The predicted octanol–water partition coefficient (Wildman–Crippen LogP) is 2.71. The van der Waals surface area contributed by atoms with Crippen molar-refractivity contribution >= 4 is 22.7 Å². The molecule has 134 valence electrons. The van der Waals surface area contributed by atoms with Crippen LogP contribution in [0.5, 0.6) is 0 Å². The van der Waals surface area contributed by atoms with Crippen LogP contribution in [0.2, 0.25) is 0 Å². The Morgan fingerprint density at radius 3 is 2.58 bits per heavy atom. The number of hydrogen-bond donors (Lipinski definition) is 2. The second-order valence-electron chi connectivity index (χ2n) is 6.43. The lowest BCUT2D eigenvalue weighted by molar-refractivity contribution is -0.139. The fourth-order valence-corrected chi connectivity index (χ4v) is 2.97. The first-order chi connectivity index (χ1) is 12.5. The minimum absolute atomic E-state index is 0.213. The van der Waals surface area contributed by atoms with Gasteiger partial charge in [-0.1, -0.05) is 36.4 Å². The number of fused-ring (bicyclic) bond motifs is 1. The lowest BCUT2D eigenvalue weighted by Gasteiger charge is -2.14.